The number of hydrogen-bond donors (Lipinski definition) is 3. The Morgan fingerprint density at radius 3 is 2.53 bits per heavy atom. The molecule has 0 spiro atoms. The molecule has 9 nitrogen and oxygen atoms in total. The van der Waals surface area contributed by atoms with Gasteiger partial charge in [0, 0.05) is 19.5 Å². The standard InChI is InChI=1S/C24H23FN4O5/c1-34-17-8-4-15(5-9-17)13-29-18(10-11-19(29)30)22-27-20(21(31)24(33)28-22)23(32)26-12-14-2-6-16(25)7-3-14/h2-9,18,31H,10-13H2,1H3,(H,26,32)(H,27,28,33). The van der Waals surface area contributed by atoms with Crippen molar-refractivity contribution in [2.45, 2.75) is 32.0 Å². The molecule has 0 aliphatic carbocycles. The quantitative estimate of drug-likeness (QED) is 0.491. The monoisotopic (exact) mass is 466 g/mol. The molecule has 2 aromatic carbocycles. The van der Waals surface area contributed by atoms with Crippen molar-refractivity contribution in [1.82, 2.24) is 20.2 Å². The van der Waals surface area contributed by atoms with Crippen LogP contribution in [0.15, 0.2) is 53.3 Å². The number of aromatic amines is 1. The van der Waals surface area contributed by atoms with Crippen molar-refractivity contribution in [3.63, 3.8) is 0 Å². The fraction of sp³-hybridized carbons (Fsp3) is 0.250. The Labute approximate surface area is 194 Å². The van der Waals surface area contributed by atoms with Crippen molar-refractivity contribution in [2.24, 2.45) is 0 Å². The first-order chi connectivity index (χ1) is 16.4. The molecule has 1 aromatic heterocycles. The zero-order chi connectivity index (χ0) is 24.2. The Kier molecular flexibility index (Phi) is 6.58. The van der Waals surface area contributed by atoms with Crippen LogP contribution in [0.5, 0.6) is 11.5 Å². The zero-order valence-corrected chi connectivity index (χ0v) is 18.4. The first-order valence-electron chi connectivity index (χ1n) is 10.6. The molecular formula is C24H23FN4O5. The van der Waals surface area contributed by atoms with Gasteiger partial charge in [0.05, 0.1) is 13.2 Å². The fourth-order valence-electron chi connectivity index (χ4n) is 3.81. The molecule has 0 bridgehead atoms. The summed E-state index contributed by atoms with van der Waals surface area (Å²) in [7, 11) is 1.56. The summed E-state index contributed by atoms with van der Waals surface area (Å²) >= 11 is 0. The SMILES string of the molecule is COc1ccc(CN2C(=O)CCC2c2nc(C(=O)NCc3ccc(F)cc3)c(O)c(=O)[nH]2)cc1. The molecule has 0 radical (unpaired) electrons. The van der Waals surface area contributed by atoms with E-state index in [1.165, 1.54) is 24.3 Å². The predicted molar refractivity (Wildman–Crippen MR) is 120 cm³/mol. The van der Waals surface area contributed by atoms with Crippen molar-refractivity contribution < 1.29 is 23.8 Å². The highest BCUT2D eigenvalue weighted by molar-refractivity contribution is 5.94. The van der Waals surface area contributed by atoms with Crippen LogP contribution in [0.4, 0.5) is 4.39 Å². The van der Waals surface area contributed by atoms with Gasteiger partial charge in [0.1, 0.15) is 17.4 Å². The summed E-state index contributed by atoms with van der Waals surface area (Å²) < 4.78 is 18.2. The van der Waals surface area contributed by atoms with E-state index < -0.39 is 34.8 Å². The summed E-state index contributed by atoms with van der Waals surface area (Å²) in [4.78, 5) is 45.9. The molecule has 10 heteroatoms. The molecule has 1 aliphatic heterocycles. The molecule has 1 saturated heterocycles. The van der Waals surface area contributed by atoms with Crippen LogP contribution in [0.25, 0.3) is 0 Å². The molecule has 2 heterocycles. The smallest absolute Gasteiger partial charge is 0.294 e. The molecule has 0 saturated carbocycles. The van der Waals surface area contributed by atoms with Crippen molar-refractivity contribution in [1.29, 1.82) is 0 Å². The van der Waals surface area contributed by atoms with Crippen molar-refractivity contribution in [3.05, 3.63) is 87.3 Å². The first kappa shape index (κ1) is 23.0. The molecule has 4 rings (SSSR count). The van der Waals surface area contributed by atoms with Crippen LogP contribution in [0.1, 0.15) is 46.3 Å². The van der Waals surface area contributed by atoms with Gasteiger partial charge in [0.2, 0.25) is 11.7 Å². The van der Waals surface area contributed by atoms with E-state index in [1.54, 1.807) is 24.1 Å². The molecule has 1 aliphatic rings. The van der Waals surface area contributed by atoms with E-state index >= 15 is 0 Å². The van der Waals surface area contributed by atoms with E-state index in [0.29, 0.717) is 17.7 Å². The molecule has 3 N–H and O–H groups in total. The maximum absolute atomic E-state index is 13.1. The van der Waals surface area contributed by atoms with Crippen LogP contribution in [0.2, 0.25) is 0 Å². The number of nitrogens with zero attached hydrogens (tertiary/aromatic N) is 2. The fourth-order valence-corrected chi connectivity index (χ4v) is 3.81. The second-order valence-electron chi connectivity index (χ2n) is 7.88. The summed E-state index contributed by atoms with van der Waals surface area (Å²) in [5, 5.41) is 12.7. The van der Waals surface area contributed by atoms with E-state index in [2.05, 4.69) is 15.3 Å². The number of hydrogen-bond acceptors (Lipinski definition) is 6. The normalized spacial score (nSPS) is 15.4. The Bertz CT molecular complexity index is 1260. The number of nitrogens with one attached hydrogen (secondary N) is 2. The third-order valence-corrected chi connectivity index (χ3v) is 5.65. The van der Waals surface area contributed by atoms with E-state index in [0.717, 1.165) is 5.56 Å². The van der Waals surface area contributed by atoms with Gasteiger partial charge in [-0.3, -0.25) is 14.4 Å². The number of rotatable bonds is 7. The van der Waals surface area contributed by atoms with Gasteiger partial charge < -0.3 is 25.0 Å². The average molecular weight is 466 g/mol. The number of carbonyl (C=O) groups excluding carboxylic acids is 2. The number of likely N-dealkylation sites (tertiary alicyclic amines) is 1. The molecule has 1 fully saturated rings. The Balaban J connectivity index is 1.55. The molecule has 3 aromatic rings. The van der Waals surface area contributed by atoms with Crippen LogP contribution in [-0.4, -0.2) is 38.9 Å². The van der Waals surface area contributed by atoms with Gasteiger partial charge in [0.15, 0.2) is 5.69 Å². The van der Waals surface area contributed by atoms with Gasteiger partial charge in [-0.1, -0.05) is 24.3 Å². The molecule has 1 unspecified atom stereocenters. The zero-order valence-electron chi connectivity index (χ0n) is 18.4. The molecule has 1 atom stereocenters. The lowest BCUT2D eigenvalue weighted by Gasteiger charge is -2.24. The van der Waals surface area contributed by atoms with Crippen LogP contribution < -0.4 is 15.6 Å². The van der Waals surface area contributed by atoms with Gasteiger partial charge in [0.25, 0.3) is 11.5 Å². The van der Waals surface area contributed by atoms with Gasteiger partial charge in [-0.2, -0.15) is 0 Å². The van der Waals surface area contributed by atoms with Gasteiger partial charge in [-0.15, -0.1) is 0 Å². The minimum Gasteiger partial charge on any atom is -0.501 e. The Hall–Kier alpha value is -4.21. The lowest BCUT2D eigenvalue weighted by atomic mass is 10.1. The molecular weight excluding hydrogens is 443 g/mol. The summed E-state index contributed by atoms with van der Waals surface area (Å²) in [6, 6.07) is 12.2. The number of methoxy groups -OCH3 is 1. The number of ether oxygens (including phenoxy) is 1. The van der Waals surface area contributed by atoms with Gasteiger partial charge >= 0.3 is 0 Å². The highest BCUT2D eigenvalue weighted by Crippen LogP contribution is 2.32. The van der Waals surface area contributed by atoms with Crippen LogP contribution >= 0.6 is 0 Å². The van der Waals surface area contributed by atoms with Crippen molar-refractivity contribution in [2.75, 3.05) is 7.11 Å². The van der Waals surface area contributed by atoms with Crippen LogP contribution in [0, 0.1) is 5.82 Å². The number of halogens is 1. The molecule has 176 valence electrons. The summed E-state index contributed by atoms with van der Waals surface area (Å²) in [5.41, 5.74) is 0.177. The minimum atomic E-state index is -0.874. The second-order valence-corrected chi connectivity index (χ2v) is 7.88. The Morgan fingerprint density at radius 1 is 1.18 bits per heavy atom. The number of benzene rings is 2. The van der Waals surface area contributed by atoms with E-state index in [-0.39, 0.29) is 31.2 Å². The lowest BCUT2D eigenvalue weighted by Crippen LogP contribution is -2.32. The number of aromatic nitrogens is 2. The summed E-state index contributed by atoms with van der Waals surface area (Å²) in [5.74, 6) is -1.28. The lowest BCUT2D eigenvalue weighted by molar-refractivity contribution is -0.129. The maximum atomic E-state index is 13.1. The van der Waals surface area contributed by atoms with Crippen LogP contribution in [0.3, 0.4) is 0 Å². The summed E-state index contributed by atoms with van der Waals surface area (Å²) in [6.45, 7) is 0.331. The first-order valence-corrected chi connectivity index (χ1v) is 10.6. The van der Waals surface area contributed by atoms with E-state index in [9.17, 15) is 23.9 Å². The van der Waals surface area contributed by atoms with E-state index in [1.807, 2.05) is 12.1 Å². The predicted octanol–water partition coefficient (Wildman–Crippen LogP) is 2.42. The third-order valence-electron chi connectivity index (χ3n) is 5.65. The number of H-pyrrole nitrogens is 1. The number of carbonyl (C=O) groups is 2. The summed E-state index contributed by atoms with van der Waals surface area (Å²) in [6.07, 6.45) is 0.664. The average Bonchev–Trinajstić information content (AvgIpc) is 3.20. The van der Waals surface area contributed by atoms with Crippen molar-refractivity contribution >= 4 is 11.8 Å². The maximum Gasteiger partial charge on any atom is 0.294 e. The van der Waals surface area contributed by atoms with Crippen molar-refractivity contribution in [3.8, 4) is 11.5 Å². The molecule has 2 amide bonds. The van der Waals surface area contributed by atoms with Crippen LogP contribution in [-0.2, 0) is 17.9 Å². The van der Waals surface area contributed by atoms with E-state index in [4.69, 9.17) is 4.74 Å². The second kappa shape index (κ2) is 9.74. The van der Waals surface area contributed by atoms with Gasteiger partial charge in [-0.05, 0) is 41.8 Å². The highest BCUT2D eigenvalue weighted by atomic mass is 19.1. The largest absolute Gasteiger partial charge is 0.501 e. The number of amides is 2. The van der Waals surface area contributed by atoms with Gasteiger partial charge in [-0.25, -0.2) is 9.37 Å². The highest BCUT2D eigenvalue weighted by Gasteiger charge is 2.35. The minimum absolute atomic E-state index is 0.0495. The third kappa shape index (κ3) is 4.90. The Morgan fingerprint density at radius 2 is 1.85 bits per heavy atom. The molecule has 34 heavy (non-hydrogen) atoms. The number of aromatic hydroxyl groups is 1. The topological polar surface area (TPSA) is 125 Å².